The quantitative estimate of drug-likeness (QED) is 0.662. The number of para-hydroxylation sites is 2. The summed E-state index contributed by atoms with van der Waals surface area (Å²) in [5.74, 6) is -0.487. The predicted octanol–water partition coefficient (Wildman–Crippen LogP) is 2.10. The summed E-state index contributed by atoms with van der Waals surface area (Å²) < 4.78 is 45.4. The van der Waals surface area contributed by atoms with Gasteiger partial charge >= 0.3 is 12.4 Å². The summed E-state index contributed by atoms with van der Waals surface area (Å²) in [6.45, 7) is 1.19. The van der Waals surface area contributed by atoms with Gasteiger partial charge in [-0.3, -0.25) is 0 Å². The van der Waals surface area contributed by atoms with Crippen molar-refractivity contribution in [1.29, 1.82) is 0 Å². The van der Waals surface area contributed by atoms with Gasteiger partial charge in [0.05, 0.1) is 18.9 Å². The van der Waals surface area contributed by atoms with Crippen molar-refractivity contribution in [2.75, 3.05) is 31.6 Å². The van der Waals surface area contributed by atoms with Crippen molar-refractivity contribution in [3.05, 3.63) is 24.3 Å². The van der Waals surface area contributed by atoms with Gasteiger partial charge < -0.3 is 25.8 Å². The van der Waals surface area contributed by atoms with Crippen molar-refractivity contribution in [1.82, 2.24) is 5.32 Å². The Balaban J connectivity index is 0.00000441. The van der Waals surface area contributed by atoms with Crippen LogP contribution in [0.2, 0.25) is 0 Å². The number of benzene rings is 1. The molecule has 10 heteroatoms. The van der Waals surface area contributed by atoms with E-state index in [1.165, 1.54) is 18.2 Å². The van der Waals surface area contributed by atoms with Gasteiger partial charge in [0.25, 0.3) is 0 Å². The van der Waals surface area contributed by atoms with Gasteiger partial charge in [-0.25, -0.2) is 4.79 Å². The molecule has 0 bridgehead atoms. The zero-order valence-electron chi connectivity index (χ0n) is 11.5. The number of anilines is 1. The van der Waals surface area contributed by atoms with Crippen LogP contribution in [0.15, 0.2) is 24.3 Å². The van der Waals surface area contributed by atoms with Crippen LogP contribution in [0.1, 0.15) is 0 Å². The molecule has 0 unspecified atom stereocenters. The van der Waals surface area contributed by atoms with Crippen molar-refractivity contribution in [2.24, 2.45) is 5.73 Å². The van der Waals surface area contributed by atoms with Crippen molar-refractivity contribution >= 4 is 24.1 Å². The minimum absolute atomic E-state index is 0. The van der Waals surface area contributed by atoms with Gasteiger partial charge in [0.15, 0.2) is 5.75 Å². The number of nitrogens with two attached hydrogens (primary N) is 1. The summed E-state index contributed by atoms with van der Waals surface area (Å²) in [6.07, 6.45) is -4.83. The summed E-state index contributed by atoms with van der Waals surface area (Å²) in [6, 6.07) is 4.58. The molecule has 1 aromatic carbocycles. The topological polar surface area (TPSA) is 85.6 Å². The third-order valence-corrected chi connectivity index (χ3v) is 2.16. The summed E-state index contributed by atoms with van der Waals surface area (Å²) in [5.41, 5.74) is 5.12. The van der Waals surface area contributed by atoms with Gasteiger partial charge in [-0.15, -0.1) is 25.6 Å². The number of alkyl halides is 3. The Morgan fingerprint density at radius 2 is 1.91 bits per heavy atom. The summed E-state index contributed by atoms with van der Waals surface area (Å²) in [5, 5.41) is 4.70. The highest BCUT2D eigenvalue weighted by atomic mass is 35.5. The van der Waals surface area contributed by atoms with Crippen LogP contribution >= 0.6 is 12.4 Å². The van der Waals surface area contributed by atoms with E-state index in [-0.39, 0.29) is 31.2 Å². The molecule has 6 nitrogen and oxygen atoms in total. The van der Waals surface area contributed by atoms with E-state index in [4.69, 9.17) is 10.5 Å². The first kappa shape index (κ1) is 20.3. The average Bonchev–Trinajstić information content (AvgIpc) is 2.39. The maximum Gasteiger partial charge on any atom is 0.573 e. The first-order valence-electron chi connectivity index (χ1n) is 6.10. The number of halogens is 4. The lowest BCUT2D eigenvalue weighted by Crippen LogP contribution is -2.32. The molecular formula is C12H17ClF3N3O3. The SMILES string of the molecule is Cl.NCCOCCNC(=O)Nc1ccccc1OC(F)(F)F. The molecule has 0 aliphatic heterocycles. The van der Waals surface area contributed by atoms with Crippen LogP contribution in [-0.4, -0.2) is 38.7 Å². The van der Waals surface area contributed by atoms with Crippen LogP contribution < -0.4 is 21.1 Å². The lowest BCUT2D eigenvalue weighted by molar-refractivity contribution is -0.274. The zero-order valence-corrected chi connectivity index (χ0v) is 12.3. The lowest BCUT2D eigenvalue weighted by Gasteiger charge is -2.14. The molecule has 0 spiro atoms. The van der Waals surface area contributed by atoms with E-state index in [0.29, 0.717) is 13.2 Å². The van der Waals surface area contributed by atoms with E-state index >= 15 is 0 Å². The highest BCUT2D eigenvalue weighted by Crippen LogP contribution is 2.29. The fraction of sp³-hybridized carbons (Fsp3) is 0.417. The predicted molar refractivity (Wildman–Crippen MR) is 77.3 cm³/mol. The Hall–Kier alpha value is -1.71. The number of amides is 2. The number of urea groups is 1. The summed E-state index contributed by atoms with van der Waals surface area (Å²) >= 11 is 0. The Kier molecular flexibility index (Phi) is 9.31. The fourth-order valence-corrected chi connectivity index (χ4v) is 1.37. The second-order valence-corrected chi connectivity index (χ2v) is 3.83. The van der Waals surface area contributed by atoms with Gasteiger partial charge in [0.1, 0.15) is 0 Å². The number of hydrogen-bond donors (Lipinski definition) is 3. The van der Waals surface area contributed by atoms with Crippen molar-refractivity contribution < 1.29 is 27.4 Å². The molecule has 2 amide bonds. The van der Waals surface area contributed by atoms with Crippen LogP contribution in [0.5, 0.6) is 5.75 Å². The van der Waals surface area contributed by atoms with Crippen LogP contribution in [0.3, 0.4) is 0 Å². The Bertz CT molecular complexity index is 461. The number of nitrogens with one attached hydrogen (secondary N) is 2. The third-order valence-electron chi connectivity index (χ3n) is 2.16. The second kappa shape index (κ2) is 10.1. The molecule has 1 aromatic rings. The lowest BCUT2D eigenvalue weighted by atomic mass is 10.3. The van der Waals surface area contributed by atoms with E-state index < -0.39 is 18.1 Å². The molecule has 4 N–H and O–H groups in total. The largest absolute Gasteiger partial charge is 0.573 e. The molecule has 0 aromatic heterocycles. The van der Waals surface area contributed by atoms with E-state index in [9.17, 15) is 18.0 Å². The monoisotopic (exact) mass is 343 g/mol. The molecule has 22 heavy (non-hydrogen) atoms. The Morgan fingerprint density at radius 1 is 1.23 bits per heavy atom. The molecule has 0 heterocycles. The molecule has 0 aliphatic rings. The standard InChI is InChI=1S/C12H16F3N3O3.ClH/c13-12(14,15)21-10-4-2-1-3-9(10)18-11(19)17-6-8-20-7-5-16;/h1-4H,5-8,16H2,(H2,17,18,19);1H. The minimum Gasteiger partial charge on any atom is -0.404 e. The van der Waals surface area contributed by atoms with Crippen LogP contribution in [0.25, 0.3) is 0 Å². The zero-order chi connectivity index (χ0) is 15.7. The first-order chi connectivity index (χ1) is 9.92. The van der Waals surface area contributed by atoms with Crippen molar-refractivity contribution in [3.8, 4) is 5.75 Å². The highest BCUT2D eigenvalue weighted by Gasteiger charge is 2.32. The maximum absolute atomic E-state index is 12.2. The number of carbonyl (C=O) groups is 1. The number of ether oxygens (including phenoxy) is 2. The van der Waals surface area contributed by atoms with Crippen LogP contribution in [0, 0.1) is 0 Å². The smallest absolute Gasteiger partial charge is 0.404 e. The molecule has 0 saturated heterocycles. The van der Waals surface area contributed by atoms with E-state index in [2.05, 4.69) is 15.4 Å². The molecule has 0 radical (unpaired) electrons. The minimum atomic E-state index is -4.83. The maximum atomic E-state index is 12.2. The van der Waals surface area contributed by atoms with Gasteiger partial charge in [-0.2, -0.15) is 0 Å². The Morgan fingerprint density at radius 3 is 2.55 bits per heavy atom. The van der Waals surface area contributed by atoms with Crippen molar-refractivity contribution in [2.45, 2.75) is 6.36 Å². The average molecular weight is 344 g/mol. The molecule has 0 saturated carbocycles. The molecule has 0 fully saturated rings. The van der Waals surface area contributed by atoms with Gasteiger partial charge in [0.2, 0.25) is 0 Å². The number of rotatable bonds is 7. The highest BCUT2D eigenvalue weighted by molar-refractivity contribution is 5.90. The Labute approximate surface area is 131 Å². The number of carbonyl (C=O) groups excluding carboxylic acids is 1. The van der Waals surface area contributed by atoms with Gasteiger partial charge in [-0.05, 0) is 12.1 Å². The van der Waals surface area contributed by atoms with E-state index in [1.54, 1.807) is 0 Å². The third kappa shape index (κ3) is 8.55. The molecule has 126 valence electrons. The fourth-order valence-electron chi connectivity index (χ4n) is 1.37. The molecular weight excluding hydrogens is 327 g/mol. The summed E-state index contributed by atoms with van der Waals surface area (Å²) in [4.78, 5) is 11.5. The molecule has 0 aliphatic carbocycles. The molecule has 0 atom stereocenters. The van der Waals surface area contributed by atoms with Gasteiger partial charge in [-0.1, -0.05) is 12.1 Å². The summed E-state index contributed by atoms with van der Waals surface area (Å²) in [7, 11) is 0. The van der Waals surface area contributed by atoms with E-state index in [0.717, 1.165) is 6.07 Å². The van der Waals surface area contributed by atoms with Gasteiger partial charge in [0, 0.05) is 13.1 Å². The number of hydrogen-bond acceptors (Lipinski definition) is 4. The second-order valence-electron chi connectivity index (χ2n) is 3.83. The molecule has 1 rings (SSSR count). The first-order valence-corrected chi connectivity index (χ1v) is 6.10. The van der Waals surface area contributed by atoms with E-state index in [1.807, 2.05) is 0 Å². The van der Waals surface area contributed by atoms with Crippen LogP contribution in [0.4, 0.5) is 23.7 Å². The normalized spacial score (nSPS) is 10.5. The van der Waals surface area contributed by atoms with Crippen molar-refractivity contribution in [3.63, 3.8) is 0 Å². The van der Waals surface area contributed by atoms with Crippen LogP contribution in [-0.2, 0) is 4.74 Å².